The number of thiazole rings is 1. The number of hydrogen-bond donors (Lipinski definition) is 1. The number of halogens is 2. The predicted octanol–water partition coefficient (Wildman–Crippen LogP) is 3.09. The minimum absolute atomic E-state index is 0.0375. The van der Waals surface area contributed by atoms with Crippen molar-refractivity contribution in [3.8, 4) is 10.6 Å². The van der Waals surface area contributed by atoms with Crippen molar-refractivity contribution in [1.29, 1.82) is 0 Å². The maximum atomic E-state index is 13.5. The van der Waals surface area contributed by atoms with Crippen molar-refractivity contribution in [3.63, 3.8) is 0 Å². The van der Waals surface area contributed by atoms with Gasteiger partial charge in [-0.1, -0.05) is 6.07 Å². The molecule has 0 bridgehead atoms. The maximum Gasteiger partial charge on any atom is 0.355 e. The molecule has 88 valence electrons. The van der Waals surface area contributed by atoms with Crippen LogP contribution in [0.4, 0.5) is 8.78 Å². The second kappa shape index (κ2) is 4.21. The van der Waals surface area contributed by atoms with Gasteiger partial charge in [0.25, 0.3) is 0 Å². The van der Waals surface area contributed by atoms with E-state index < -0.39 is 17.6 Å². The Morgan fingerprint density at radius 2 is 1.94 bits per heavy atom. The molecule has 0 radical (unpaired) electrons. The fourth-order valence-corrected chi connectivity index (χ4v) is 2.36. The van der Waals surface area contributed by atoms with Gasteiger partial charge in [-0.15, -0.1) is 11.3 Å². The smallest absolute Gasteiger partial charge is 0.355 e. The van der Waals surface area contributed by atoms with Gasteiger partial charge in [0.15, 0.2) is 5.69 Å². The van der Waals surface area contributed by atoms with E-state index in [0.29, 0.717) is 4.88 Å². The number of rotatable bonds is 2. The van der Waals surface area contributed by atoms with E-state index in [-0.39, 0.29) is 16.3 Å². The second-order valence-corrected chi connectivity index (χ2v) is 4.53. The molecular formula is C11H7F2NO2S. The summed E-state index contributed by atoms with van der Waals surface area (Å²) in [6.45, 7) is 1.55. The van der Waals surface area contributed by atoms with Gasteiger partial charge >= 0.3 is 5.97 Å². The third-order valence-corrected chi connectivity index (χ3v) is 3.16. The number of carbonyl (C=O) groups is 1. The number of benzene rings is 1. The first-order valence-corrected chi connectivity index (χ1v) is 5.47. The molecule has 1 N–H and O–H groups in total. The minimum atomic E-state index is -1.21. The van der Waals surface area contributed by atoms with Crippen molar-refractivity contribution in [1.82, 2.24) is 4.98 Å². The molecule has 0 unspecified atom stereocenters. The van der Waals surface area contributed by atoms with Crippen LogP contribution in [0.15, 0.2) is 18.2 Å². The van der Waals surface area contributed by atoms with E-state index in [9.17, 15) is 13.6 Å². The average Bonchev–Trinajstić information content (AvgIpc) is 2.60. The van der Waals surface area contributed by atoms with Gasteiger partial charge in [0.1, 0.15) is 16.6 Å². The first kappa shape index (κ1) is 11.7. The van der Waals surface area contributed by atoms with Crippen LogP contribution in [-0.2, 0) is 0 Å². The molecule has 0 aliphatic rings. The Morgan fingerprint density at radius 1 is 1.35 bits per heavy atom. The highest BCUT2D eigenvalue weighted by Gasteiger charge is 2.19. The summed E-state index contributed by atoms with van der Waals surface area (Å²) in [5, 5.41) is 8.86. The Balaban J connectivity index is 2.62. The molecule has 3 nitrogen and oxygen atoms in total. The van der Waals surface area contributed by atoms with Gasteiger partial charge in [-0.3, -0.25) is 0 Å². The lowest BCUT2D eigenvalue weighted by molar-refractivity contribution is 0.0690. The molecule has 17 heavy (non-hydrogen) atoms. The molecule has 0 aliphatic carbocycles. The summed E-state index contributed by atoms with van der Waals surface area (Å²) < 4.78 is 26.9. The number of carboxylic acid groups (broad SMARTS) is 1. The van der Waals surface area contributed by atoms with Crippen LogP contribution in [0.1, 0.15) is 15.4 Å². The summed E-state index contributed by atoms with van der Waals surface area (Å²) >= 11 is 0.952. The zero-order valence-corrected chi connectivity index (χ0v) is 9.52. The number of nitrogens with zero attached hydrogens (tertiary/aromatic N) is 1. The largest absolute Gasteiger partial charge is 0.476 e. The molecular weight excluding hydrogens is 248 g/mol. The molecule has 1 aromatic heterocycles. The summed E-state index contributed by atoms with van der Waals surface area (Å²) in [4.78, 5) is 14.9. The van der Waals surface area contributed by atoms with Gasteiger partial charge in [0.05, 0.1) is 5.56 Å². The molecule has 2 aromatic rings. The van der Waals surface area contributed by atoms with E-state index in [1.54, 1.807) is 6.92 Å². The molecule has 2 rings (SSSR count). The van der Waals surface area contributed by atoms with Gasteiger partial charge in [0, 0.05) is 4.88 Å². The lowest BCUT2D eigenvalue weighted by Crippen LogP contribution is -1.98. The van der Waals surface area contributed by atoms with Crippen LogP contribution in [-0.4, -0.2) is 16.1 Å². The summed E-state index contributed by atoms with van der Waals surface area (Å²) in [7, 11) is 0. The van der Waals surface area contributed by atoms with Crippen molar-refractivity contribution >= 4 is 17.3 Å². The minimum Gasteiger partial charge on any atom is -0.476 e. The van der Waals surface area contributed by atoms with Crippen molar-refractivity contribution in [3.05, 3.63) is 40.4 Å². The van der Waals surface area contributed by atoms with Crippen LogP contribution in [0, 0.1) is 18.6 Å². The van der Waals surface area contributed by atoms with Crippen LogP contribution >= 0.6 is 11.3 Å². The lowest BCUT2D eigenvalue weighted by Gasteiger charge is -1.99. The molecule has 0 saturated heterocycles. The van der Waals surface area contributed by atoms with Crippen LogP contribution in [0.5, 0.6) is 0 Å². The Kier molecular flexibility index (Phi) is 2.89. The zero-order valence-electron chi connectivity index (χ0n) is 8.70. The highest BCUT2D eigenvalue weighted by atomic mass is 32.1. The first-order chi connectivity index (χ1) is 8.00. The molecule has 0 fully saturated rings. The van der Waals surface area contributed by atoms with Crippen LogP contribution in [0.3, 0.4) is 0 Å². The van der Waals surface area contributed by atoms with Gasteiger partial charge in [-0.25, -0.2) is 18.6 Å². The summed E-state index contributed by atoms with van der Waals surface area (Å²) in [6, 6.07) is 3.46. The monoisotopic (exact) mass is 255 g/mol. The highest BCUT2D eigenvalue weighted by molar-refractivity contribution is 7.15. The standard InChI is InChI=1S/C11H7F2NO2S/c1-5-9(11(15)16)14-10(17-5)8-6(12)3-2-4-7(8)13/h2-4H,1H3,(H,15,16). The van der Waals surface area contributed by atoms with Crippen molar-refractivity contribution in [2.24, 2.45) is 0 Å². The molecule has 1 heterocycles. The Labute approximate surface area is 99.4 Å². The average molecular weight is 255 g/mol. The summed E-state index contributed by atoms with van der Waals surface area (Å²) in [5.41, 5.74) is -0.458. The van der Waals surface area contributed by atoms with Crippen LogP contribution in [0.2, 0.25) is 0 Å². The number of aryl methyl sites for hydroxylation is 1. The first-order valence-electron chi connectivity index (χ1n) is 4.66. The normalized spacial score (nSPS) is 10.5. The van der Waals surface area contributed by atoms with Gasteiger partial charge in [-0.2, -0.15) is 0 Å². The molecule has 6 heteroatoms. The number of aromatic carboxylic acids is 1. The third kappa shape index (κ3) is 2.03. The summed E-state index contributed by atoms with van der Waals surface area (Å²) in [5.74, 6) is -2.71. The van der Waals surface area contributed by atoms with E-state index in [1.807, 2.05) is 0 Å². The van der Waals surface area contributed by atoms with Crippen molar-refractivity contribution < 1.29 is 18.7 Å². The zero-order chi connectivity index (χ0) is 12.6. The van der Waals surface area contributed by atoms with Crippen molar-refractivity contribution in [2.75, 3.05) is 0 Å². The molecule has 0 saturated carbocycles. The highest BCUT2D eigenvalue weighted by Crippen LogP contribution is 2.31. The Bertz CT molecular complexity index is 575. The second-order valence-electron chi connectivity index (χ2n) is 3.33. The van der Waals surface area contributed by atoms with Crippen molar-refractivity contribution in [2.45, 2.75) is 6.92 Å². The van der Waals surface area contributed by atoms with E-state index in [4.69, 9.17) is 5.11 Å². The maximum absolute atomic E-state index is 13.5. The van der Waals surface area contributed by atoms with Gasteiger partial charge in [-0.05, 0) is 19.1 Å². The molecule has 0 spiro atoms. The molecule has 1 aromatic carbocycles. The van der Waals surface area contributed by atoms with E-state index in [1.165, 1.54) is 6.07 Å². The fraction of sp³-hybridized carbons (Fsp3) is 0.0909. The topological polar surface area (TPSA) is 50.2 Å². The third-order valence-electron chi connectivity index (χ3n) is 2.18. The van der Waals surface area contributed by atoms with Crippen LogP contribution in [0.25, 0.3) is 10.6 Å². The van der Waals surface area contributed by atoms with E-state index >= 15 is 0 Å². The Hall–Kier alpha value is -1.82. The Morgan fingerprint density at radius 3 is 2.41 bits per heavy atom. The molecule has 0 amide bonds. The predicted molar refractivity (Wildman–Crippen MR) is 59.2 cm³/mol. The lowest BCUT2D eigenvalue weighted by atomic mass is 10.2. The molecule has 0 atom stereocenters. The molecule has 0 aliphatic heterocycles. The van der Waals surface area contributed by atoms with E-state index in [2.05, 4.69) is 4.98 Å². The van der Waals surface area contributed by atoms with E-state index in [0.717, 1.165) is 23.5 Å². The fourth-order valence-electron chi connectivity index (χ4n) is 1.40. The van der Waals surface area contributed by atoms with Gasteiger partial charge < -0.3 is 5.11 Å². The van der Waals surface area contributed by atoms with Crippen LogP contribution < -0.4 is 0 Å². The quantitative estimate of drug-likeness (QED) is 0.897. The summed E-state index contributed by atoms with van der Waals surface area (Å²) in [6.07, 6.45) is 0. The van der Waals surface area contributed by atoms with Gasteiger partial charge in [0.2, 0.25) is 0 Å². The number of carboxylic acids is 1. The SMILES string of the molecule is Cc1sc(-c2c(F)cccc2F)nc1C(=O)O. The number of hydrogen-bond acceptors (Lipinski definition) is 3. The number of aromatic nitrogens is 1.